The van der Waals surface area contributed by atoms with Crippen LogP contribution in [0.3, 0.4) is 0 Å². The van der Waals surface area contributed by atoms with Gasteiger partial charge in [0.15, 0.2) is 0 Å². The predicted octanol–water partition coefficient (Wildman–Crippen LogP) is 4.81. The summed E-state index contributed by atoms with van der Waals surface area (Å²) in [6.07, 6.45) is 2.62. The molecule has 0 amide bonds. The van der Waals surface area contributed by atoms with Crippen LogP contribution in [0.1, 0.15) is 33.3 Å². The Morgan fingerprint density at radius 1 is 1.15 bits per heavy atom. The molecule has 1 aromatic heterocycles. The van der Waals surface area contributed by atoms with E-state index in [1.165, 1.54) is 0 Å². The smallest absolute Gasteiger partial charge is 0.338 e. The van der Waals surface area contributed by atoms with Gasteiger partial charge in [-0.05, 0) is 24.3 Å². The Morgan fingerprint density at radius 2 is 1.93 bits per heavy atom. The average Bonchev–Trinajstić information content (AvgIpc) is 2.72. The maximum absolute atomic E-state index is 12.2. The summed E-state index contributed by atoms with van der Waals surface area (Å²) in [5.41, 5.74) is 3.09. The molecule has 1 atom stereocenters. The summed E-state index contributed by atoms with van der Waals surface area (Å²) >= 11 is 3.49. The highest BCUT2D eigenvalue weighted by atomic mass is 79.9. The molecule has 2 aromatic carbocycles. The maximum Gasteiger partial charge on any atom is 0.338 e. The van der Waals surface area contributed by atoms with E-state index in [2.05, 4.69) is 20.9 Å². The number of hydrogen-bond acceptors (Lipinski definition) is 5. The lowest BCUT2D eigenvalue weighted by Crippen LogP contribution is -2.19. The number of aromatic nitrogens is 1. The van der Waals surface area contributed by atoms with E-state index < -0.39 is 12.3 Å². The van der Waals surface area contributed by atoms with Gasteiger partial charge in [0, 0.05) is 33.6 Å². The zero-order valence-electron chi connectivity index (χ0n) is 14.3. The molecule has 0 radical (unpaired) electrons. The lowest BCUT2D eigenvalue weighted by molar-refractivity contribution is -0.112. The number of carbonyl (C=O) groups excluding carboxylic acids is 1. The third-order valence-electron chi connectivity index (χ3n) is 4.17. The molecular weight excluding hydrogens is 410 g/mol. The molecule has 1 aliphatic heterocycles. The van der Waals surface area contributed by atoms with Gasteiger partial charge in [-0.2, -0.15) is 0 Å². The highest BCUT2D eigenvalue weighted by Gasteiger charge is 2.25. The van der Waals surface area contributed by atoms with E-state index in [-0.39, 0.29) is 6.61 Å². The molecule has 0 saturated carbocycles. The van der Waals surface area contributed by atoms with Gasteiger partial charge in [-0.25, -0.2) is 4.79 Å². The van der Waals surface area contributed by atoms with Crippen molar-refractivity contribution in [1.29, 1.82) is 0 Å². The number of carbonyl (C=O) groups is 1. The summed E-state index contributed by atoms with van der Waals surface area (Å²) in [6.45, 7) is 0.518. The zero-order valence-corrected chi connectivity index (χ0v) is 15.9. The van der Waals surface area contributed by atoms with Gasteiger partial charge in [-0.1, -0.05) is 46.3 Å². The van der Waals surface area contributed by atoms with Crippen LogP contribution in [0.5, 0.6) is 5.75 Å². The molecule has 0 fully saturated rings. The van der Waals surface area contributed by atoms with Crippen molar-refractivity contribution in [2.24, 2.45) is 0 Å². The minimum Gasteiger partial charge on any atom is -0.460 e. The van der Waals surface area contributed by atoms with Gasteiger partial charge in [0.25, 0.3) is 0 Å². The Kier molecular flexibility index (Phi) is 5.18. The van der Waals surface area contributed by atoms with Gasteiger partial charge >= 0.3 is 5.97 Å². The summed E-state index contributed by atoms with van der Waals surface area (Å²) in [5, 5.41) is 0. The van der Waals surface area contributed by atoms with Crippen molar-refractivity contribution < 1.29 is 19.0 Å². The van der Waals surface area contributed by atoms with Crippen molar-refractivity contribution >= 4 is 21.9 Å². The van der Waals surface area contributed by atoms with Gasteiger partial charge in [0.1, 0.15) is 12.4 Å². The normalized spacial score (nSPS) is 15.5. The first kappa shape index (κ1) is 17.7. The van der Waals surface area contributed by atoms with Crippen molar-refractivity contribution in [2.75, 3.05) is 0 Å². The molecule has 136 valence electrons. The first-order valence-corrected chi connectivity index (χ1v) is 9.21. The molecule has 3 aromatic rings. The third-order valence-corrected chi connectivity index (χ3v) is 4.63. The van der Waals surface area contributed by atoms with Crippen molar-refractivity contribution in [2.45, 2.75) is 19.5 Å². The molecule has 2 heterocycles. The Balaban J connectivity index is 1.55. The van der Waals surface area contributed by atoms with E-state index >= 15 is 0 Å². The van der Waals surface area contributed by atoms with Crippen LogP contribution in [0.2, 0.25) is 0 Å². The lowest BCUT2D eigenvalue weighted by Gasteiger charge is -2.28. The Morgan fingerprint density at radius 3 is 2.70 bits per heavy atom. The monoisotopic (exact) mass is 425 g/mol. The quantitative estimate of drug-likeness (QED) is 0.561. The van der Waals surface area contributed by atoms with Crippen LogP contribution in [0, 0.1) is 0 Å². The van der Waals surface area contributed by atoms with Crippen LogP contribution in [-0.2, 0) is 22.7 Å². The molecule has 0 saturated heterocycles. The zero-order chi connectivity index (χ0) is 18.6. The minimum absolute atomic E-state index is 0.102. The molecule has 5 nitrogen and oxygen atoms in total. The number of ether oxygens (including phenoxy) is 3. The Labute approximate surface area is 165 Å². The lowest BCUT2D eigenvalue weighted by atomic mass is 10.1. The highest BCUT2D eigenvalue weighted by Crippen LogP contribution is 2.38. The summed E-state index contributed by atoms with van der Waals surface area (Å²) in [6, 6.07) is 16.8. The molecule has 1 unspecified atom stereocenters. The molecule has 1 aliphatic rings. The van der Waals surface area contributed by atoms with Crippen LogP contribution >= 0.6 is 15.9 Å². The third kappa shape index (κ3) is 4.02. The number of benzene rings is 2. The van der Waals surface area contributed by atoms with E-state index in [4.69, 9.17) is 14.2 Å². The first-order valence-electron chi connectivity index (χ1n) is 8.42. The largest absolute Gasteiger partial charge is 0.460 e. The van der Waals surface area contributed by atoms with E-state index in [1.807, 2.05) is 42.5 Å². The molecule has 0 bridgehead atoms. The molecular formula is C21H16BrNO4. The second-order valence-electron chi connectivity index (χ2n) is 6.04. The van der Waals surface area contributed by atoms with Crippen LogP contribution in [0.25, 0.3) is 0 Å². The summed E-state index contributed by atoms with van der Waals surface area (Å²) < 4.78 is 18.3. The van der Waals surface area contributed by atoms with Crippen LogP contribution in [-0.4, -0.2) is 11.0 Å². The molecule has 6 heteroatoms. The number of hydrogen-bond donors (Lipinski definition) is 0. The van der Waals surface area contributed by atoms with Gasteiger partial charge in [-0.15, -0.1) is 0 Å². The molecule has 0 N–H and O–H groups in total. The van der Waals surface area contributed by atoms with Crippen molar-refractivity contribution in [1.82, 2.24) is 4.98 Å². The summed E-state index contributed by atoms with van der Waals surface area (Å²) in [7, 11) is 0. The van der Waals surface area contributed by atoms with Crippen LogP contribution in [0.15, 0.2) is 71.5 Å². The van der Waals surface area contributed by atoms with E-state index in [1.54, 1.807) is 24.5 Å². The first-order chi connectivity index (χ1) is 13.2. The standard InChI is InChI=1S/C21H16BrNO4/c22-18-10-16(12-25-20(24)14-6-8-23-9-7-14)19-17(11-18)13-26-21(27-19)15-4-2-1-3-5-15/h1-11,21H,12-13H2. The minimum atomic E-state index is -0.491. The van der Waals surface area contributed by atoms with Gasteiger partial charge < -0.3 is 14.2 Å². The molecule has 27 heavy (non-hydrogen) atoms. The topological polar surface area (TPSA) is 57.7 Å². The number of fused-ring (bicyclic) bond motifs is 1. The number of pyridine rings is 1. The van der Waals surface area contributed by atoms with Gasteiger partial charge in [0.05, 0.1) is 12.2 Å². The number of esters is 1. The van der Waals surface area contributed by atoms with E-state index in [0.717, 1.165) is 21.2 Å². The van der Waals surface area contributed by atoms with E-state index in [0.29, 0.717) is 17.9 Å². The number of rotatable bonds is 4. The fraction of sp³-hybridized carbons (Fsp3) is 0.143. The van der Waals surface area contributed by atoms with E-state index in [9.17, 15) is 4.79 Å². The number of halogens is 1. The van der Waals surface area contributed by atoms with Gasteiger partial charge in [0.2, 0.25) is 6.29 Å². The Bertz CT molecular complexity index is 947. The Hall–Kier alpha value is -2.70. The van der Waals surface area contributed by atoms with Crippen molar-refractivity contribution in [3.63, 3.8) is 0 Å². The highest BCUT2D eigenvalue weighted by molar-refractivity contribution is 9.10. The average molecular weight is 426 g/mol. The second-order valence-corrected chi connectivity index (χ2v) is 6.95. The fourth-order valence-corrected chi connectivity index (χ4v) is 3.43. The van der Waals surface area contributed by atoms with Gasteiger partial charge in [-0.3, -0.25) is 4.98 Å². The molecule has 4 rings (SSSR count). The fourth-order valence-electron chi connectivity index (χ4n) is 2.87. The van der Waals surface area contributed by atoms with Crippen molar-refractivity contribution in [3.8, 4) is 5.75 Å². The molecule has 0 spiro atoms. The van der Waals surface area contributed by atoms with Crippen LogP contribution < -0.4 is 4.74 Å². The maximum atomic E-state index is 12.2. The summed E-state index contributed by atoms with van der Waals surface area (Å²) in [5.74, 6) is 0.290. The number of nitrogens with zero attached hydrogens (tertiary/aromatic N) is 1. The molecule has 0 aliphatic carbocycles. The van der Waals surface area contributed by atoms with Crippen LogP contribution in [0.4, 0.5) is 0 Å². The summed E-state index contributed by atoms with van der Waals surface area (Å²) in [4.78, 5) is 16.1. The SMILES string of the molecule is O=C(OCc1cc(Br)cc2c1OC(c1ccccc1)OC2)c1ccncc1. The predicted molar refractivity (Wildman–Crippen MR) is 102 cm³/mol. The van der Waals surface area contributed by atoms with Crippen molar-refractivity contribution in [3.05, 3.63) is 93.7 Å². The second kappa shape index (κ2) is 7.90.